The highest BCUT2D eigenvalue weighted by atomic mass is 35.5. The van der Waals surface area contributed by atoms with Crippen molar-refractivity contribution < 1.29 is 9.59 Å². The molecule has 0 atom stereocenters. The lowest BCUT2D eigenvalue weighted by molar-refractivity contribution is -0.137. The number of hydrogen-bond donors (Lipinski definition) is 0. The Labute approximate surface area is 158 Å². The van der Waals surface area contributed by atoms with E-state index in [0.29, 0.717) is 24.7 Å². The maximum atomic E-state index is 12.5. The average molecular weight is 373 g/mol. The van der Waals surface area contributed by atoms with Crippen molar-refractivity contribution in [3.05, 3.63) is 59.4 Å². The van der Waals surface area contributed by atoms with Gasteiger partial charge in [0.15, 0.2) is 0 Å². The van der Waals surface area contributed by atoms with Crippen LogP contribution in [0.15, 0.2) is 48.7 Å². The first-order valence-corrected chi connectivity index (χ1v) is 8.83. The van der Waals surface area contributed by atoms with Crippen LogP contribution in [0.25, 0.3) is 0 Å². The Morgan fingerprint density at radius 1 is 1.23 bits per heavy atom. The molecule has 1 aromatic heterocycles. The molecule has 1 fully saturated rings. The minimum absolute atomic E-state index is 0.0532. The lowest BCUT2D eigenvalue weighted by Gasteiger charge is -2.35. The van der Waals surface area contributed by atoms with Crippen molar-refractivity contribution in [2.24, 2.45) is 0 Å². The number of anilines is 1. The zero-order valence-electron chi connectivity index (χ0n) is 14.6. The van der Waals surface area contributed by atoms with Gasteiger partial charge < -0.3 is 9.80 Å². The van der Waals surface area contributed by atoms with Gasteiger partial charge in [-0.3, -0.25) is 19.5 Å². The Morgan fingerprint density at radius 3 is 2.77 bits per heavy atom. The number of rotatable bonds is 5. The quantitative estimate of drug-likeness (QED) is 0.806. The van der Waals surface area contributed by atoms with E-state index in [0.717, 1.165) is 11.4 Å². The fourth-order valence-electron chi connectivity index (χ4n) is 2.96. The zero-order chi connectivity index (χ0) is 18.5. The van der Waals surface area contributed by atoms with Crippen LogP contribution in [0.2, 0.25) is 5.02 Å². The number of piperazine rings is 1. The Morgan fingerprint density at radius 2 is 2.08 bits per heavy atom. The van der Waals surface area contributed by atoms with Crippen molar-refractivity contribution in [2.45, 2.75) is 6.54 Å². The summed E-state index contributed by atoms with van der Waals surface area (Å²) in [5.41, 5.74) is 1.67. The zero-order valence-corrected chi connectivity index (χ0v) is 15.4. The van der Waals surface area contributed by atoms with Gasteiger partial charge in [0.2, 0.25) is 11.8 Å². The Kier molecular flexibility index (Phi) is 5.85. The predicted molar refractivity (Wildman–Crippen MR) is 101 cm³/mol. The number of halogens is 1. The van der Waals surface area contributed by atoms with Crippen LogP contribution < -0.4 is 4.90 Å². The van der Waals surface area contributed by atoms with E-state index in [-0.39, 0.29) is 24.9 Å². The van der Waals surface area contributed by atoms with Gasteiger partial charge in [-0.15, -0.1) is 0 Å². The van der Waals surface area contributed by atoms with Gasteiger partial charge in [-0.25, -0.2) is 0 Å². The number of carbonyl (C=O) groups is 2. The number of carbonyl (C=O) groups excluding carboxylic acids is 2. The first-order valence-electron chi connectivity index (χ1n) is 8.45. The molecule has 7 heteroatoms. The molecule has 2 aromatic rings. The summed E-state index contributed by atoms with van der Waals surface area (Å²) in [6.45, 7) is 1.90. The van der Waals surface area contributed by atoms with Crippen LogP contribution in [-0.2, 0) is 16.1 Å². The Bertz CT molecular complexity index is 784. The van der Waals surface area contributed by atoms with Crippen molar-refractivity contribution in [1.29, 1.82) is 0 Å². The van der Waals surface area contributed by atoms with Crippen LogP contribution in [-0.4, -0.2) is 59.8 Å². The minimum Gasteiger partial charge on any atom is -0.330 e. The van der Waals surface area contributed by atoms with E-state index >= 15 is 0 Å². The molecule has 2 amide bonds. The summed E-state index contributed by atoms with van der Waals surface area (Å²) in [5, 5.41) is 0.588. The van der Waals surface area contributed by atoms with Crippen LogP contribution in [0.4, 0.5) is 5.69 Å². The largest absolute Gasteiger partial charge is 0.330 e. The molecular weight excluding hydrogens is 352 g/mol. The molecular formula is C19H21ClN4O2. The highest BCUT2D eigenvalue weighted by Gasteiger charge is 2.28. The summed E-state index contributed by atoms with van der Waals surface area (Å²) >= 11 is 6.00. The fourth-order valence-corrected chi connectivity index (χ4v) is 3.14. The van der Waals surface area contributed by atoms with E-state index in [4.69, 9.17) is 11.6 Å². The van der Waals surface area contributed by atoms with E-state index in [9.17, 15) is 9.59 Å². The standard InChI is InChI=1S/C19H21ClN4O2/c1-22(12-16-6-2-3-8-21-16)13-18(25)23-9-10-24(19(26)14-23)17-7-4-5-15(20)11-17/h2-8,11H,9-10,12-14H2,1H3. The Hall–Kier alpha value is -2.44. The van der Waals surface area contributed by atoms with Gasteiger partial charge in [0.25, 0.3) is 0 Å². The molecule has 3 rings (SSSR count). The smallest absolute Gasteiger partial charge is 0.246 e. The number of amides is 2. The summed E-state index contributed by atoms with van der Waals surface area (Å²) in [6.07, 6.45) is 1.73. The van der Waals surface area contributed by atoms with Crippen molar-refractivity contribution >= 4 is 29.1 Å². The van der Waals surface area contributed by atoms with Crippen LogP contribution in [0.5, 0.6) is 0 Å². The SMILES string of the molecule is CN(CC(=O)N1CCN(c2cccc(Cl)c2)C(=O)C1)Cc1ccccn1. The van der Waals surface area contributed by atoms with Gasteiger partial charge in [0.1, 0.15) is 6.54 Å². The molecule has 0 spiro atoms. The second-order valence-corrected chi connectivity index (χ2v) is 6.77. The van der Waals surface area contributed by atoms with E-state index in [1.807, 2.05) is 42.3 Å². The summed E-state index contributed by atoms with van der Waals surface area (Å²) in [4.78, 5) is 34.4. The van der Waals surface area contributed by atoms with Crippen molar-refractivity contribution in [3.63, 3.8) is 0 Å². The monoisotopic (exact) mass is 372 g/mol. The molecule has 6 nitrogen and oxygen atoms in total. The highest BCUT2D eigenvalue weighted by molar-refractivity contribution is 6.30. The van der Waals surface area contributed by atoms with Crippen LogP contribution >= 0.6 is 11.6 Å². The van der Waals surface area contributed by atoms with Gasteiger partial charge in [0, 0.05) is 36.5 Å². The number of aromatic nitrogens is 1. The number of hydrogen-bond acceptors (Lipinski definition) is 4. The summed E-state index contributed by atoms with van der Waals surface area (Å²) in [7, 11) is 1.87. The first kappa shape index (κ1) is 18.4. The lowest BCUT2D eigenvalue weighted by Crippen LogP contribution is -2.54. The van der Waals surface area contributed by atoms with Crippen molar-refractivity contribution in [2.75, 3.05) is 38.1 Å². The average Bonchev–Trinajstić information content (AvgIpc) is 2.62. The van der Waals surface area contributed by atoms with Crippen LogP contribution in [0.3, 0.4) is 0 Å². The molecule has 0 aliphatic carbocycles. The van der Waals surface area contributed by atoms with E-state index in [1.54, 1.807) is 28.1 Å². The van der Waals surface area contributed by atoms with Gasteiger partial charge in [-0.2, -0.15) is 0 Å². The third-order valence-electron chi connectivity index (χ3n) is 4.26. The van der Waals surface area contributed by atoms with Crippen molar-refractivity contribution in [1.82, 2.24) is 14.8 Å². The van der Waals surface area contributed by atoms with Gasteiger partial charge in [0.05, 0.1) is 12.2 Å². The lowest BCUT2D eigenvalue weighted by atomic mass is 10.2. The fraction of sp³-hybridized carbons (Fsp3) is 0.316. The minimum atomic E-state index is -0.0979. The highest BCUT2D eigenvalue weighted by Crippen LogP contribution is 2.21. The van der Waals surface area contributed by atoms with Gasteiger partial charge in [-0.1, -0.05) is 23.7 Å². The maximum Gasteiger partial charge on any atom is 0.246 e. The van der Waals surface area contributed by atoms with E-state index < -0.39 is 0 Å². The number of pyridine rings is 1. The molecule has 0 unspecified atom stereocenters. The second-order valence-electron chi connectivity index (χ2n) is 6.33. The molecule has 1 aliphatic rings. The summed E-state index contributed by atoms with van der Waals surface area (Å²) in [6, 6.07) is 12.9. The number of nitrogens with zero attached hydrogens (tertiary/aromatic N) is 4. The predicted octanol–water partition coefficient (Wildman–Crippen LogP) is 2.04. The van der Waals surface area contributed by atoms with Crippen LogP contribution in [0.1, 0.15) is 5.69 Å². The van der Waals surface area contributed by atoms with Gasteiger partial charge in [-0.05, 0) is 37.4 Å². The molecule has 136 valence electrons. The molecule has 2 heterocycles. The molecule has 1 saturated heterocycles. The molecule has 1 aliphatic heterocycles. The molecule has 0 bridgehead atoms. The normalized spacial score (nSPS) is 14.8. The number of benzene rings is 1. The van der Waals surface area contributed by atoms with E-state index in [2.05, 4.69) is 4.98 Å². The second kappa shape index (κ2) is 8.29. The third kappa shape index (κ3) is 4.59. The van der Waals surface area contributed by atoms with Crippen LogP contribution in [0, 0.1) is 0 Å². The summed E-state index contributed by atoms with van der Waals surface area (Å²) < 4.78 is 0. The molecule has 0 saturated carbocycles. The molecule has 0 radical (unpaired) electrons. The maximum absolute atomic E-state index is 12.5. The topological polar surface area (TPSA) is 56.8 Å². The number of likely N-dealkylation sites (N-methyl/N-ethyl adjacent to an activating group) is 1. The Balaban J connectivity index is 1.55. The first-order chi connectivity index (χ1) is 12.5. The molecule has 1 aromatic carbocycles. The van der Waals surface area contributed by atoms with Gasteiger partial charge >= 0.3 is 0 Å². The summed E-state index contributed by atoms with van der Waals surface area (Å²) in [5.74, 6) is -0.151. The van der Waals surface area contributed by atoms with E-state index in [1.165, 1.54) is 0 Å². The molecule has 0 N–H and O–H groups in total. The third-order valence-corrected chi connectivity index (χ3v) is 4.49. The molecule has 26 heavy (non-hydrogen) atoms. The van der Waals surface area contributed by atoms with Crippen molar-refractivity contribution in [3.8, 4) is 0 Å².